The lowest BCUT2D eigenvalue weighted by Gasteiger charge is -2.11. The molecule has 0 aliphatic rings. The lowest BCUT2D eigenvalue weighted by atomic mass is 10.1. The highest BCUT2D eigenvalue weighted by molar-refractivity contribution is 6.31. The lowest BCUT2D eigenvalue weighted by molar-refractivity contribution is -0.137. The maximum Gasteiger partial charge on any atom is 0.417 e. The van der Waals surface area contributed by atoms with Crippen molar-refractivity contribution in [1.82, 2.24) is 4.98 Å². The predicted molar refractivity (Wildman–Crippen MR) is 87.8 cm³/mol. The van der Waals surface area contributed by atoms with E-state index in [0.29, 0.717) is 0 Å². The Kier molecular flexibility index (Phi) is 4.73. The molecule has 0 saturated heterocycles. The van der Waals surface area contributed by atoms with E-state index in [0.717, 1.165) is 24.3 Å². The zero-order valence-corrected chi connectivity index (χ0v) is 13.6. The Morgan fingerprint density at radius 3 is 2.46 bits per heavy atom. The van der Waals surface area contributed by atoms with Crippen LogP contribution in [0.3, 0.4) is 0 Å². The van der Waals surface area contributed by atoms with E-state index in [1.54, 1.807) is 6.07 Å². The summed E-state index contributed by atoms with van der Waals surface area (Å²) in [6.07, 6.45) is -4.59. The molecule has 0 aliphatic heterocycles. The molecule has 0 aliphatic carbocycles. The fraction of sp³-hybridized carbons (Fsp3) is 0.0556. The van der Waals surface area contributed by atoms with Crippen molar-refractivity contribution in [2.45, 2.75) is 6.18 Å². The van der Waals surface area contributed by atoms with Crippen molar-refractivity contribution in [3.05, 3.63) is 71.0 Å². The van der Waals surface area contributed by atoms with Crippen molar-refractivity contribution < 1.29 is 27.4 Å². The average Bonchev–Trinajstić information content (AvgIpc) is 2.58. The van der Waals surface area contributed by atoms with Gasteiger partial charge in [-0.3, -0.25) is 0 Å². The molecule has 3 rings (SSSR count). The van der Waals surface area contributed by atoms with Gasteiger partial charge in [0.15, 0.2) is 11.6 Å². The molecule has 1 heterocycles. The van der Waals surface area contributed by atoms with Gasteiger partial charge in [-0.15, -0.1) is 0 Å². The van der Waals surface area contributed by atoms with E-state index >= 15 is 0 Å². The van der Waals surface area contributed by atoms with Gasteiger partial charge in [0.2, 0.25) is 5.88 Å². The van der Waals surface area contributed by atoms with Crippen LogP contribution in [0.5, 0.6) is 17.4 Å². The van der Waals surface area contributed by atoms with Crippen LogP contribution in [0, 0.1) is 5.82 Å². The van der Waals surface area contributed by atoms with E-state index in [1.165, 1.54) is 24.3 Å². The van der Waals surface area contributed by atoms with Crippen LogP contribution in [0.1, 0.15) is 5.56 Å². The molecule has 1 N–H and O–H groups in total. The second-order valence-electron chi connectivity index (χ2n) is 5.27. The molecule has 0 fully saturated rings. The van der Waals surface area contributed by atoms with Gasteiger partial charge in [0, 0.05) is 17.7 Å². The fourth-order valence-electron chi connectivity index (χ4n) is 2.21. The number of pyridine rings is 1. The van der Waals surface area contributed by atoms with Crippen LogP contribution in [-0.4, -0.2) is 10.1 Å². The van der Waals surface area contributed by atoms with Gasteiger partial charge in [0.25, 0.3) is 0 Å². The van der Waals surface area contributed by atoms with Crippen LogP contribution in [0.15, 0.2) is 54.6 Å². The monoisotopic (exact) mass is 383 g/mol. The van der Waals surface area contributed by atoms with Gasteiger partial charge >= 0.3 is 6.18 Å². The van der Waals surface area contributed by atoms with E-state index in [-0.39, 0.29) is 22.9 Å². The van der Waals surface area contributed by atoms with Gasteiger partial charge in [0.05, 0.1) is 16.3 Å². The van der Waals surface area contributed by atoms with E-state index in [2.05, 4.69) is 4.98 Å². The Balaban J connectivity index is 1.93. The third kappa shape index (κ3) is 3.88. The summed E-state index contributed by atoms with van der Waals surface area (Å²) in [6.45, 7) is 0. The van der Waals surface area contributed by atoms with Gasteiger partial charge in [-0.1, -0.05) is 23.7 Å². The quantitative estimate of drug-likeness (QED) is 0.559. The number of halogens is 5. The average molecular weight is 384 g/mol. The SMILES string of the molecule is Oc1cc(Oc2cccc(-c3ccc(Cl)c(C(F)(F)F)c3)n2)ccc1F. The summed E-state index contributed by atoms with van der Waals surface area (Å²) in [4.78, 5) is 4.14. The molecule has 0 unspecified atom stereocenters. The molecule has 0 radical (unpaired) electrons. The molecule has 134 valence electrons. The minimum Gasteiger partial charge on any atom is -0.505 e. The highest BCUT2D eigenvalue weighted by atomic mass is 35.5. The van der Waals surface area contributed by atoms with Crippen molar-refractivity contribution in [1.29, 1.82) is 0 Å². The van der Waals surface area contributed by atoms with Crippen molar-refractivity contribution in [3.63, 3.8) is 0 Å². The van der Waals surface area contributed by atoms with Gasteiger partial charge in [-0.2, -0.15) is 13.2 Å². The fourth-order valence-corrected chi connectivity index (χ4v) is 2.44. The van der Waals surface area contributed by atoms with Crippen molar-refractivity contribution in [3.8, 4) is 28.6 Å². The normalized spacial score (nSPS) is 11.4. The summed E-state index contributed by atoms with van der Waals surface area (Å²) in [7, 11) is 0. The van der Waals surface area contributed by atoms with E-state index in [4.69, 9.17) is 16.3 Å². The van der Waals surface area contributed by atoms with Crippen molar-refractivity contribution >= 4 is 11.6 Å². The number of ether oxygens (including phenoxy) is 1. The number of hydrogen-bond donors (Lipinski definition) is 1. The summed E-state index contributed by atoms with van der Waals surface area (Å²) in [5.41, 5.74) is -0.529. The molecule has 0 atom stereocenters. The molecule has 0 spiro atoms. The maximum absolute atomic E-state index is 13.1. The predicted octanol–water partition coefficient (Wildman–Crippen LogP) is 6.06. The number of nitrogens with zero attached hydrogens (tertiary/aromatic N) is 1. The highest BCUT2D eigenvalue weighted by Crippen LogP contribution is 2.37. The van der Waals surface area contributed by atoms with E-state index in [9.17, 15) is 22.7 Å². The zero-order valence-electron chi connectivity index (χ0n) is 12.9. The van der Waals surface area contributed by atoms with Crippen LogP contribution in [0.4, 0.5) is 17.6 Å². The van der Waals surface area contributed by atoms with E-state index < -0.39 is 28.3 Å². The van der Waals surface area contributed by atoms with Gasteiger partial charge in [-0.05, 0) is 30.3 Å². The number of hydrogen-bond acceptors (Lipinski definition) is 3. The first-order valence-corrected chi connectivity index (χ1v) is 7.62. The topological polar surface area (TPSA) is 42.4 Å². The van der Waals surface area contributed by atoms with Crippen LogP contribution >= 0.6 is 11.6 Å². The first-order chi connectivity index (χ1) is 12.2. The van der Waals surface area contributed by atoms with Crippen LogP contribution in [-0.2, 0) is 6.18 Å². The summed E-state index contributed by atoms with van der Waals surface area (Å²) in [5, 5.41) is 8.94. The van der Waals surface area contributed by atoms with Crippen molar-refractivity contribution in [2.24, 2.45) is 0 Å². The summed E-state index contributed by atoms with van der Waals surface area (Å²) < 4.78 is 57.5. The lowest BCUT2D eigenvalue weighted by Crippen LogP contribution is -2.06. The molecule has 0 amide bonds. The molecule has 0 saturated carbocycles. The highest BCUT2D eigenvalue weighted by Gasteiger charge is 2.33. The molecule has 2 aromatic carbocycles. The van der Waals surface area contributed by atoms with E-state index in [1.807, 2.05) is 0 Å². The number of aromatic hydroxyl groups is 1. The summed E-state index contributed by atoms with van der Waals surface area (Å²) >= 11 is 5.62. The van der Waals surface area contributed by atoms with Gasteiger partial charge < -0.3 is 9.84 Å². The van der Waals surface area contributed by atoms with Crippen LogP contribution in [0.2, 0.25) is 5.02 Å². The summed E-state index contributed by atoms with van der Waals surface area (Å²) in [6, 6.07) is 11.4. The first kappa shape index (κ1) is 18.0. The standard InChI is InChI=1S/C18H10ClF4NO2/c19-13-6-4-10(8-12(13)18(21,22)23)15-2-1-3-17(24-15)26-11-5-7-14(20)16(25)9-11/h1-9,25H. The molecule has 26 heavy (non-hydrogen) atoms. The smallest absolute Gasteiger partial charge is 0.417 e. The maximum atomic E-state index is 13.1. The second kappa shape index (κ2) is 6.84. The Morgan fingerprint density at radius 1 is 1.00 bits per heavy atom. The number of alkyl halides is 3. The Morgan fingerprint density at radius 2 is 1.77 bits per heavy atom. The number of phenols is 1. The van der Waals surface area contributed by atoms with Crippen LogP contribution in [0.25, 0.3) is 11.3 Å². The first-order valence-electron chi connectivity index (χ1n) is 7.24. The molecular formula is C18H10ClF4NO2. The molecule has 3 aromatic rings. The number of benzene rings is 2. The number of aromatic nitrogens is 1. The Labute approximate surface area is 150 Å². The molecule has 8 heteroatoms. The third-order valence-electron chi connectivity index (χ3n) is 3.43. The minimum absolute atomic E-state index is 0.0667. The summed E-state index contributed by atoms with van der Waals surface area (Å²) in [5.74, 6) is -1.20. The van der Waals surface area contributed by atoms with Gasteiger partial charge in [0.1, 0.15) is 5.75 Å². The Bertz CT molecular complexity index is 960. The minimum atomic E-state index is -4.59. The zero-order chi connectivity index (χ0) is 18.9. The molecule has 0 bridgehead atoms. The van der Waals surface area contributed by atoms with Crippen LogP contribution < -0.4 is 4.74 Å². The molecule has 3 nitrogen and oxygen atoms in total. The van der Waals surface area contributed by atoms with Gasteiger partial charge in [-0.25, -0.2) is 9.37 Å². The number of rotatable bonds is 3. The number of phenolic OH excluding ortho intramolecular Hbond substituents is 1. The Hall–Kier alpha value is -2.80. The third-order valence-corrected chi connectivity index (χ3v) is 3.76. The van der Waals surface area contributed by atoms with Crippen molar-refractivity contribution in [2.75, 3.05) is 0 Å². The largest absolute Gasteiger partial charge is 0.505 e. The molecular weight excluding hydrogens is 374 g/mol. The molecule has 1 aromatic heterocycles. The second-order valence-corrected chi connectivity index (χ2v) is 5.68.